The second-order valence-corrected chi connectivity index (χ2v) is 9.12. The molecule has 0 aliphatic carbocycles. The smallest absolute Gasteiger partial charge is 0.242 e. The minimum absolute atomic E-state index is 0.0877. The Bertz CT molecular complexity index is 1080. The van der Waals surface area contributed by atoms with E-state index in [1.165, 1.54) is 17.5 Å². The molecule has 2 heterocycles. The Hall–Kier alpha value is -2.44. The van der Waals surface area contributed by atoms with Crippen LogP contribution >= 0.6 is 23.8 Å². The molecule has 1 aromatic heterocycles. The van der Waals surface area contributed by atoms with Crippen LogP contribution in [0.5, 0.6) is 0 Å². The van der Waals surface area contributed by atoms with E-state index in [0.29, 0.717) is 21.5 Å². The maximum Gasteiger partial charge on any atom is 0.242 e. The molecule has 1 aliphatic heterocycles. The van der Waals surface area contributed by atoms with Gasteiger partial charge in [0.1, 0.15) is 6.54 Å². The number of H-pyrrole nitrogens is 1. The van der Waals surface area contributed by atoms with Crippen molar-refractivity contribution in [2.24, 2.45) is 5.92 Å². The van der Waals surface area contributed by atoms with Crippen LogP contribution in [0.3, 0.4) is 0 Å². The quantitative estimate of drug-likeness (QED) is 0.504. The summed E-state index contributed by atoms with van der Waals surface area (Å²) in [4.78, 5) is 14.9. The number of hydrogen-bond donors (Lipinski definition) is 1. The molecule has 5 nitrogen and oxygen atoms in total. The number of aromatic nitrogens is 3. The van der Waals surface area contributed by atoms with Crippen molar-refractivity contribution < 1.29 is 4.79 Å². The van der Waals surface area contributed by atoms with E-state index >= 15 is 0 Å². The molecular weight excluding hydrogens is 428 g/mol. The largest absolute Gasteiger partial charge is 0.341 e. The summed E-state index contributed by atoms with van der Waals surface area (Å²) < 4.78 is 2.22. The maximum absolute atomic E-state index is 13.0. The number of benzene rings is 2. The first-order valence-electron chi connectivity index (χ1n) is 10.7. The molecule has 1 fully saturated rings. The fourth-order valence-corrected chi connectivity index (χ4v) is 4.44. The topological polar surface area (TPSA) is 53.9 Å². The molecule has 0 atom stereocenters. The highest BCUT2D eigenvalue weighted by Crippen LogP contribution is 2.24. The second kappa shape index (κ2) is 9.79. The molecule has 4 rings (SSSR count). The van der Waals surface area contributed by atoms with Gasteiger partial charge in [-0.05, 0) is 80.6 Å². The van der Waals surface area contributed by atoms with Crippen LogP contribution in [-0.4, -0.2) is 38.7 Å². The first kappa shape index (κ1) is 21.8. The van der Waals surface area contributed by atoms with Gasteiger partial charge in [0.05, 0.1) is 0 Å². The fourth-order valence-electron chi connectivity index (χ4n) is 4.12. The molecule has 2 aromatic carbocycles. The van der Waals surface area contributed by atoms with Crippen molar-refractivity contribution in [3.05, 3.63) is 69.5 Å². The predicted octanol–water partition coefficient (Wildman–Crippen LogP) is 5.44. The highest BCUT2D eigenvalue weighted by molar-refractivity contribution is 7.71. The number of carbonyl (C=O) groups excluding carboxylic acids is 1. The van der Waals surface area contributed by atoms with Crippen molar-refractivity contribution in [3.8, 4) is 11.4 Å². The number of nitrogens with zero attached hydrogens (tertiary/aromatic N) is 3. The Morgan fingerprint density at radius 2 is 1.81 bits per heavy atom. The Labute approximate surface area is 193 Å². The van der Waals surface area contributed by atoms with Gasteiger partial charge in [-0.15, -0.1) is 0 Å². The minimum atomic E-state index is 0.0877. The van der Waals surface area contributed by atoms with Crippen molar-refractivity contribution in [2.45, 2.75) is 39.2 Å². The lowest BCUT2D eigenvalue weighted by molar-refractivity contribution is -0.133. The van der Waals surface area contributed by atoms with Gasteiger partial charge in [0.2, 0.25) is 5.91 Å². The zero-order chi connectivity index (χ0) is 21.8. The number of carbonyl (C=O) groups is 1. The van der Waals surface area contributed by atoms with Gasteiger partial charge in [-0.3, -0.25) is 14.5 Å². The fraction of sp³-hybridized carbons (Fsp3) is 0.375. The Morgan fingerprint density at radius 1 is 1.13 bits per heavy atom. The molecular formula is C24H27ClN4OS. The molecule has 1 amide bonds. The lowest BCUT2D eigenvalue weighted by Crippen LogP contribution is -2.40. The third kappa shape index (κ3) is 5.43. The van der Waals surface area contributed by atoms with Crippen LogP contribution in [-0.2, 0) is 17.8 Å². The van der Waals surface area contributed by atoms with E-state index < -0.39 is 0 Å². The highest BCUT2D eigenvalue weighted by Gasteiger charge is 2.24. The molecule has 3 aromatic rings. The SMILES string of the molecule is Cc1ccc(CCC2CCN(C(=O)Cn3c(-c4ccc(Cl)cc4)n[nH]c3=S)CC2)cc1. The second-order valence-electron chi connectivity index (χ2n) is 8.29. The van der Waals surface area contributed by atoms with Crippen LogP contribution in [0.4, 0.5) is 0 Å². The Morgan fingerprint density at radius 3 is 2.48 bits per heavy atom. The number of amides is 1. The van der Waals surface area contributed by atoms with E-state index in [1.807, 2.05) is 29.2 Å². The molecule has 1 saturated heterocycles. The van der Waals surface area contributed by atoms with E-state index in [9.17, 15) is 4.79 Å². The molecule has 0 bridgehead atoms. The zero-order valence-corrected chi connectivity index (χ0v) is 19.3. The van der Waals surface area contributed by atoms with E-state index in [1.54, 1.807) is 4.57 Å². The number of halogens is 1. The van der Waals surface area contributed by atoms with E-state index in [2.05, 4.69) is 41.4 Å². The standard InChI is InChI=1S/C24H27ClN4OS/c1-17-2-4-18(5-3-17)6-7-19-12-14-28(15-13-19)22(30)16-29-23(26-27-24(29)31)20-8-10-21(25)11-9-20/h2-5,8-11,19H,6-7,12-16H2,1H3,(H,27,31). The average molecular weight is 455 g/mol. The lowest BCUT2D eigenvalue weighted by Gasteiger charge is -2.32. The molecule has 7 heteroatoms. The van der Waals surface area contributed by atoms with Gasteiger partial charge in [-0.1, -0.05) is 41.4 Å². The summed E-state index contributed by atoms with van der Waals surface area (Å²) in [5.74, 6) is 1.42. The van der Waals surface area contributed by atoms with Crippen LogP contribution in [0.25, 0.3) is 11.4 Å². The Kier molecular flexibility index (Phi) is 6.88. The van der Waals surface area contributed by atoms with Gasteiger partial charge < -0.3 is 4.90 Å². The summed E-state index contributed by atoms with van der Waals surface area (Å²) in [5, 5.41) is 7.79. The van der Waals surface area contributed by atoms with Gasteiger partial charge in [-0.2, -0.15) is 5.10 Å². The Balaban J connectivity index is 1.32. The zero-order valence-electron chi connectivity index (χ0n) is 17.7. The monoisotopic (exact) mass is 454 g/mol. The first-order chi connectivity index (χ1) is 15.0. The van der Waals surface area contributed by atoms with Gasteiger partial charge in [0.25, 0.3) is 0 Å². The van der Waals surface area contributed by atoms with Crippen LogP contribution in [0.15, 0.2) is 48.5 Å². The van der Waals surface area contributed by atoms with Crippen LogP contribution in [0.2, 0.25) is 5.02 Å². The molecule has 0 spiro atoms. The summed E-state index contributed by atoms with van der Waals surface area (Å²) in [6, 6.07) is 16.2. The summed E-state index contributed by atoms with van der Waals surface area (Å²) in [7, 11) is 0. The number of nitrogens with one attached hydrogen (secondary N) is 1. The molecule has 0 unspecified atom stereocenters. The third-order valence-electron chi connectivity index (χ3n) is 6.08. The van der Waals surface area contributed by atoms with E-state index in [-0.39, 0.29) is 12.5 Å². The first-order valence-corrected chi connectivity index (χ1v) is 11.5. The van der Waals surface area contributed by atoms with Crippen molar-refractivity contribution >= 4 is 29.7 Å². The predicted molar refractivity (Wildman–Crippen MR) is 127 cm³/mol. The van der Waals surface area contributed by atoms with Gasteiger partial charge >= 0.3 is 0 Å². The number of aromatic amines is 1. The van der Waals surface area contributed by atoms with E-state index in [0.717, 1.165) is 37.9 Å². The summed E-state index contributed by atoms with van der Waals surface area (Å²) in [5.41, 5.74) is 3.57. The number of rotatable bonds is 6. The van der Waals surface area contributed by atoms with Gasteiger partial charge in [0, 0.05) is 23.7 Å². The highest BCUT2D eigenvalue weighted by atomic mass is 35.5. The summed E-state index contributed by atoms with van der Waals surface area (Å²) >= 11 is 11.4. The molecule has 1 aliphatic rings. The van der Waals surface area contributed by atoms with Gasteiger partial charge in [0.15, 0.2) is 10.6 Å². The molecule has 0 radical (unpaired) electrons. The summed E-state index contributed by atoms with van der Waals surface area (Å²) in [6.07, 6.45) is 4.39. The molecule has 0 saturated carbocycles. The third-order valence-corrected chi connectivity index (χ3v) is 6.65. The van der Waals surface area contributed by atoms with Crippen molar-refractivity contribution in [2.75, 3.05) is 13.1 Å². The van der Waals surface area contributed by atoms with Crippen molar-refractivity contribution in [1.29, 1.82) is 0 Å². The minimum Gasteiger partial charge on any atom is -0.341 e. The lowest BCUT2D eigenvalue weighted by atomic mass is 9.90. The number of hydrogen-bond acceptors (Lipinski definition) is 3. The van der Waals surface area contributed by atoms with Gasteiger partial charge in [-0.25, -0.2) is 0 Å². The number of piperidine rings is 1. The molecule has 162 valence electrons. The normalized spacial score (nSPS) is 14.7. The average Bonchev–Trinajstić information content (AvgIpc) is 3.14. The number of aryl methyl sites for hydroxylation is 2. The number of likely N-dealkylation sites (tertiary alicyclic amines) is 1. The molecule has 31 heavy (non-hydrogen) atoms. The van der Waals surface area contributed by atoms with Crippen molar-refractivity contribution in [3.63, 3.8) is 0 Å². The van der Waals surface area contributed by atoms with Crippen LogP contribution in [0.1, 0.15) is 30.4 Å². The van der Waals surface area contributed by atoms with Crippen molar-refractivity contribution in [1.82, 2.24) is 19.7 Å². The maximum atomic E-state index is 13.0. The summed E-state index contributed by atoms with van der Waals surface area (Å²) in [6.45, 7) is 3.92. The van der Waals surface area contributed by atoms with Crippen LogP contribution in [0, 0.1) is 17.6 Å². The van der Waals surface area contributed by atoms with Crippen LogP contribution < -0.4 is 0 Å². The van der Waals surface area contributed by atoms with E-state index in [4.69, 9.17) is 23.8 Å². The molecule has 1 N–H and O–H groups in total.